The molecule has 0 aromatic heterocycles. The molecule has 2 rings (SSSR count). The van der Waals surface area contributed by atoms with Gasteiger partial charge in [0.2, 0.25) is 3.57 Å². The molecule has 2 nitrogen and oxygen atoms in total. The Morgan fingerprint density at radius 3 is 2.15 bits per heavy atom. The Hall–Kier alpha value is -1.36. The van der Waals surface area contributed by atoms with E-state index in [0.717, 1.165) is 3.57 Å². The van der Waals surface area contributed by atoms with E-state index in [0.29, 0.717) is 5.56 Å². The molecule has 0 aliphatic carbocycles. The van der Waals surface area contributed by atoms with Crippen molar-refractivity contribution >= 4 is 5.97 Å². The van der Waals surface area contributed by atoms with Crippen molar-refractivity contribution in [3.05, 3.63) is 66.8 Å². The molecular weight excluding hydrogens is 363 g/mol. The zero-order chi connectivity index (χ0) is 14.8. The highest BCUT2D eigenvalue weighted by molar-refractivity contribution is 5.87. The van der Waals surface area contributed by atoms with E-state index in [2.05, 4.69) is 45.0 Å². The van der Waals surface area contributed by atoms with E-state index in [-0.39, 0.29) is 5.41 Å². The summed E-state index contributed by atoms with van der Waals surface area (Å²) in [6, 6.07) is 15.9. The number of carboxylic acids is 1. The highest BCUT2D eigenvalue weighted by Crippen LogP contribution is 2.20. The molecule has 0 radical (unpaired) electrons. The lowest BCUT2D eigenvalue weighted by Crippen LogP contribution is -3.61. The minimum absolute atomic E-state index is 0.149. The van der Waals surface area contributed by atoms with Crippen LogP contribution in [0.4, 0.5) is 0 Å². The number of aromatic carboxylic acids is 1. The van der Waals surface area contributed by atoms with Gasteiger partial charge in [0.1, 0.15) is 5.56 Å². The fraction of sp³-hybridized carbons (Fsp3) is 0.235. The van der Waals surface area contributed by atoms with Gasteiger partial charge in [-0.25, -0.2) is 4.79 Å². The molecular formula is C17H18IO2+. The Balaban J connectivity index is 2.25. The predicted molar refractivity (Wildman–Crippen MR) is 75.9 cm³/mol. The molecule has 2 aromatic carbocycles. The predicted octanol–water partition coefficient (Wildman–Crippen LogP) is 0.811. The van der Waals surface area contributed by atoms with Crippen LogP contribution in [0, 0.1) is 7.14 Å². The second kappa shape index (κ2) is 5.95. The summed E-state index contributed by atoms with van der Waals surface area (Å²) in [4.78, 5) is 11.2. The van der Waals surface area contributed by atoms with E-state index in [1.54, 1.807) is 12.1 Å². The average molecular weight is 381 g/mol. The molecule has 0 bridgehead atoms. The van der Waals surface area contributed by atoms with E-state index >= 15 is 0 Å². The Kier molecular flexibility index (Phi) is 4.48. The lowest BCUT2D eigenvalue weighted by Gasteiger charge is -2.18. The van der Waals surface area contributed by atoms with Crippen LogP contribution in [-0.2, 0) is 5.41 Å². The van der Waals surface area contributed by atoms with Gasteiger partial charge in [-0.1, -0.05) is 45.0 Å². The topological polar surface area (TPSA) is 37.3 Å². The van der Waals surface area contributed by atoms with Crippen molar-refractivity contribution < 1.29 is 31.1 Å². The summed E-state index contributed by atoms with van der Waals surface area (Å²) in [6.45, 7) is 6.57. The molecule has 3 heteroatoms. The number of carboxylic acid groups (broad SMARTS) is 1. The average Bonchev–Trinajstić information content (AvgIpc) is 2.38. The summed E-state index contributed by atoms with van der Waals surface area (Å²) in [5.74, 6) is -0.841. The fourth-order valence-electron chi connectivity index (χ4n) is 1.85. The van der Waals surface area contributed by atoms with E-state index in [1.165, 1.54) is 9.13 Å². The number of carbonyl (C=O) groups is 1. The molecule has 0 fully saturated rings. The first-order chi connectivity index (χ1) is 9.38. The van der Waals surface area contributed by atoms with Crippen molar-refractivity contribution in [1.29, 1.82) is 0 Å². The molecule has 0 saturated heterocycles. The highest BCUT2D eigenvalue weighted by atomic mass is 127. The Labute approximate surface area is 130 Å². The summed E-state index contributed by atoms with van der Waals surface area (Å²) < 4.78 is 2.20. The van der Waals surface area contributed by atoms with Crippen LogP contribution in [0.1, 0.15) is 36.7 Å². The second-order valence-electron chi connectivity index (χ2n) is 5.64. The second-order valence-corrected chi connectivity index (χ2v) is 8.58. The molecule has 104 valence electrons. The molecule has 2 aromatic rings. The van der Waals surface area contributed by atoms with Gasteiger partial charge in [-0.05, 0) is 35.2 Å². The fourth-order valence-corrected chi connectivity index (χ4v) is 4.33. The summed E-state index contributed by atoms with van der Waals surface area (Å²) in [5, 5.41) is 9.21. The summed E-state index contributed by atoms with van der Waals surface area (Å²) in [5.41, 5.74) is 1.88. The van der Waals surface area contributed by atoms with Crippen LogP contribution in [-0.4, -0.2) is 11.1 Å². The number of halogens is 1. The Morgan fingerprint density at radius 2 is 1.60 bits per heavy atom. The van der Waals surface area contributed by atoms with E-state index in [4.69, 9.17) is 0 Å². The van der Waals surface area contributed by atoms with Crippen LogP contribution in [0.5, 0.6) is 0 Å². The first-order valence-electron chi connectivity index (χ1n) is 6.45. The third-order valence-corrected chi connectivity index (χ3v) is 5.89. The van der Waals surface area contributed by atoms with Crippen LogP contribution in [0.15, 0.2) is 48.5 Å². The number of hydrogen-bond donors (Lipinski definition) is 1. The van der Waals surface area contributed by atoms with E-state index in [9.17, 15) is 9.90 Å². The zero-order valence-electron chi connectivity index (χ0n) is 11.9. The van der Waals surface area contributed by atoms with Crippen molar-refractivity contribution in [3.8, 4) is 0 Å². The third-order valence-electron chi connectivity index (χ3n) is 3.03. The standard InChI is InChI=1S/C17H17IO2/c1-17(2,3)12-8-10-13(11-9-12)18-15-7-5-4-6-14(15)16(19)20/h4-11H,1-3H3/p+1. The SMILES string of the molecule is CC(C)(C)c1ccc([I+]c2ccccc2C(=O)O)cc1. The van der Waals surface area contributed by atoms with Gasteiger partial charge in [0.15, 0.2) is 3.57 Å². The van der Waals surface area contributed by atoms with Gasteiger partial charge in [0.25, 0.3) is 0 Å². The minimum Gasteiger partial charge on any atom is -0.478 e. The van der Waals surface area contributed by atoms with Gasteiger partial charge in [-0.2, -0.15) is 0 Å². The molecule has 0 spiro atoms. The summed E-state index contributed by atoms with van der Waals surface area (Å²) in [6.07, 6.45) is 0. The molecule has 0 saturated carbocycles. The largest absolute Gasteiger partial charge is 0.478 e. The summed E-state index contributed by atoms with van der Waals surface area (Å²) in [7, 11) is 0. The van der Waals surface area contributed by atoms with Crippen LogP contribution < -0.4 is 21.2 Å². The molecule has 0 aliphatic heterocycles. The lowest BCUT2D eigenvalue weighted by molar-refractivity contribution is -0.597. The lowest BCUT2D eigenvalue weighted by atomic mass is 9.87. The maximum Gasteiger partial charge on any atom is 0.358 e. The molecule has 0 amide bonds. The summed E-state index contributed by atoms with van der Waals surface area (Å²) >= 11 is -0.457. The first kappa shape index (κ1) is 15.0. The van der Waals surface area contributed by atoms with Crippen LogP contribution >= 0.6 is 0 Å². The van der Waals surface area contributed by atoms with Crippen molar-refractivity contribution in [3.63, 3.8) is 0 Å². The van der Waals surface area contributed by atoms with Gasteiger partial charge in [-0.3, -0.25) is 0 Å². The van der Waals surface area contributed by atoms with Crippen LogP contribution in [0.3, 0.4) is 0 Å². The van der Waals surface area contributed by atoms with E-state index in [1.807, 2.05) is 12.1 Å². The van der Waals surface area contributed by atoms with Gasteiger partial charge >= 0.3 is 27.2 Å². The molecule has 0 unspecified atom stereocenters. The Bertz CT molecular complexity index is 610. The molecule has 1 N–H and O–H groups in total. The van der Waals surface area contributed by atoms with Crippen LogP contribution in [0.25, 0.3) is 0 Å². The van der Waals surface area contributed by atoms with Crippen LogP contribution in [0.2, 0.25) is 0 Å². The molecule has 0 atom stereocenters. The van der Waals surface area contributed by atoms with E-state index < -0.39 is 27.2 Å². The number of benzene rings is 2. The molecule has 20 heavy (non-hydrogen) atoms. The molecule has 0 aliphatic rings. The normalized spacial score (nSPS) is 11.3. The van der Waals surface area contributed by atoms with Crippen molar-refractivity contribution in [2.75, 3.05) is 0 Å². The first-order valence-corrected chi connectivity index (χ1v) is 8.61. The molecule has 0 heterocycles. The smallest absolute Gasteiger partial charge is 0.358 e. The van der Waals surface area contributed by atoms with Crippen molar-refractivity contribution in [1.82, 2.24) is 0 Å². The zero-order valence-corrected chi connectivity index (χ0v) is 14.0. The quantitative estimate of drug-likeness (QED) is 0.800. The highest BCUT2D eigenvalue weighted by Gasteiger charge is 2.23. The monoisotopic (exact) mass is 381 g/mol. The van der Waals surface area contributed by atoms with Gasteiger partial charge in [-0.15, -0.1) is 0 Å². The number of hydrogen-bond acceptors (Lipinski definition) is 1. The maximum atomic E-state index is 11.2. The van der Waals surface area contributed by atoms with Crippen molar-refractivity contribution in [2.24, 2.45) is 0 Å². The number of rotatable bonds is 3. The Morgan fingerprint density at radius 1 is 1.00 bits per heavy atom. The van der Waals surface area contributed by atoms with Gasteiger partial charge < -0.3 is 5.11 Å². The van der Waals surface area contributed by atoms with Gasteiger partial charge in [0, 0.05) is 0 Å². The maximum absolute atomic E-state index is 11.2. The third kappa shape index (κ3) is 3.60. The minimum atomic E-state index is -0.841. The van der Waals surface area contributed by atoms with Crippen molar-refractivity contribution in [2.45, 2.75) is 26.2 Å². The van der Waals surface area contributed by atoms with Gasteiger partial charge in [0.05, 0.1) is 0 Å².